The second-order valence-electron chi connectivity index (χ2n) is 8.91. The molecule has 0 unspecified atom stereocenters. The molecule has 1 saturated heterocycles. The number of nitrogens with zero attached hydrogens (tertiary/aromatic N) is 6. The van der Waals surface area contributed by atoms with E-state index >= 15 is 0 Å². The van der Waals surface area contributed by atoms with Gasteiger partial charge in [-0.3, -0.25) is 4.98 Å². The van der Waals surface area contributed by atoms with E-state index in [1.54, 1.807) is 7.11 Å². The lowest BCUT2D eigenvalue weighted by atomic mass is 10.1. The maximum atomic E-state index is 5.56. The second kappa shape index (κ2) is 9.27. The molecule has 0 amide bonds. The Hall–Kier alpha value is -3.32. The highest BCUT2D eigenvalue weighted by atomic mass is 16.5. The predicted octanol–water partition coefficient (Wildman–Crippen LogP) is 3.93. The zero-order valence-electron chi connectivity index (χ0n) is 19.5. The summed E-state index contributed by atoms with van der Waals surface area (Å²) >= 11 is 0. The molecule has 0 atom stereocenters. The molecule has 1 aliphatic heterocycles. The molecule has 7 heteroatoms. The van der Waals surface area contributed by atoms with Crippen LogP contribution in [0.15, 0.2) is 48.9 Å². The van der Waals surface area contributed by atoms with E-state index in [0.29, 0.717) is 12.5 Å². The van der Waals surface area contributed by atoms with Gasteiger partial charge >= 0.3 is 0 Å². The quantitative estimate of drug-likeness (QED) is 0.451. The summed E-state index contributed by atoms with van der Waals surface area (Å²) in [6.07, 6.45) is 9.55. The zero-order valence-corrected chi connectivity index (χ0v) is 19.5. The summed E-state index contributed by atoms with van der Waals surface area (Å²) in [6.45, 7) is 6.02. The summed E-state index contributed by atoms with van der Waals surface area (Å²) in [5.74, 6) is 1.81. The van der Waals surface area contributed by atoms with Crippen LogP contribution in [0.5, 0.6) is 0 Å². The van der Waals surface area contributed by atoms with Gasteiger partial charge in [-0.2, -0.15) is 0 Å². The maximum Gasteiger partial charge on any atom is 0.136 e. The number of ether oxygens (including phenoxy) is 1. The predicted molar refractivity (Wildman–Crippen MR) is 129 cm³/mol. The van der Waals surface area contributed by atoms with Crippen molar-refractivity contribution in [2.75, 3.05) is 25.1 Å². The highest BCUT2D eigenvalue weighted by Gasteiger charge is 2.21. The largest absolute Gasteiger partial charge is 0.381 e. The summed E-state index contributed by atoms with van der Waals surface area (Å²) < 4.78 is 7.58. The lowest BCUT2D eigenvalue weighted by Crippen LogP contribution is -2.37. The number of hydrogen-bond acceptors (Lipinski definition) is 6. The van der Waals surface area contributed by atoms with Gasteiger partial charge in [-0.05, 0) is 62.1 Å². The minimum atomic E-state index is 0.336. The number of rotatable bonds is 6. The highest BCUT2D eigenvalue weighted by Crippen LogP contribution is 2.22. The zero-order chi connectivity index (χ0) is 22.8. The number of hydrogen-bond donors (Lipinski definition) is 0. The molecule has 4 aromatic heterocycles. The van der Waals surface area contributed by atoms with E-state index in [1.165, 1.54) is 11.1 Å². The third-order valence-electron chi connectivity index (χ3n) is 6.25. The van der Waals surface area contributed by atoms with Gasteiger partial charge in [0.1, 0.15) is 17.3 Å². The van der Waals surface area contributed by atoms with Crippen LogP contribution in [-0.2, 0) is 17.6 Å². The molecule has 0 N–H and O–H groups in total. The molecule has 0 radical (unpaired) electrons. The minimum absolute atomic E-state index is 0.336. The number of aromatic nitrogens is 5. The second-order valence-corrected chi connectivity index (χ2v) is 8.91. The first kappa shape index (κ1) is 21.5. The lowest BCUT2D eigenvalue weighted by molar-refractivity contribution is 0.0818. The average Bonchev–Trinajstić information content (AvgIpc) is 3.26. The molecular weight excluding hydrogens is 412 g/mol. The average molecular weight is 443 g/mol. The Balaban J connectivity index is 1.46. The van der Waals surface area contributed by atoms with Gasteiger partial charge in [0, 0.05) is 62.7 Å². The molecule has 0 spiro atoms. The molecule has 0 saturated carbocycles. The minimum Gasteiger partial charge on any atom is -0.381 e. The molecule has 5 heterocycles. The topological polar surface area (TPSA) is 68.4 Å². The Morgan fingerprint density at radius 3 is 2.55 bits per heavy atom. The van der Waals surface area contributed by atoms with E-state index in [2.05, 4.69) is 53.3 Å². The van der Waals surface area contributed by atoms with Gasteiger partial charge in [-0.1, -0.05) is 0 Å². The van der Waals surface area contributed by atoms with E-state index in [-0.39, 0.29) is 0 Å². The maximum absolute atomic E-state index is 5.56. The van der Waals surface area contributed by atoms with Crippen LogP contribution in [0.25, 0.3) is 5.65 Å². The molecule has 170 valence electrons. The van der Waals surface area contributed by atoms with Crippen LogP contribution >= 0.6 is 0 Å². The van der Waals surface area contributed by atoms with Crippen LogP contribution in [0, 0.1) is 13.8 Å². The molecule has 7 nitrogen and oxygen atoms in total. The number of anilines is 1. The molecule has 4 aromatic rings. The van der Waals surface area contributed by atoms with Gasteiger partial charge in [-0.15, -0.1) is 0 Å². The van der Waals surface area contributed by atoms with Crippen molar-refractivity contribution in [1.29, 1.82) is 0 Å². The van der Waals surface area contributed by atoms with Gasteiger partial charge < -0.3 is 14.0 Å². The Kier molecular flexibility index (Phi) is 6.05. The Bertz CT molecular complexity index is 1240. The molecule has 0 aliphatic carbocycles. The van der Waals surface area contributed by atoms with Crippen LogP contribution in [0.3, 0.4) is 0 Å². The summed E-state index contributed by atoms with van der Waals surface area (Å²) in [6, 6.07) is 10.6. The van der Waals surface area contributed by atoms with Crippen LogP contribution in [0.2, 0.25) is 0 Å². The number of imidazole rings is 1. The third-order valence-corrected chi connectivity index (χ3v) is 6.25. The summed E-state index contributed by atoms with van der Waals surface area (Å²) in [4.78, 5) is 21.4. The van der Waals surface area contributed by atoms with Crippen molar-refractivity contribution in [2.24, 2.45) is 0 Å². The summed E-state index contributed by atoms with van der Waals surface area (Å²) in [5, 5.41) is 0. The van der Waals surface area contributed by atoms with E-state index in [4.69, 9.17) is 19.7 Å². The van der Waals surface area contributed by atoms with E-state index < -0.39 is 0 Å². The third kappa shape index (κ3) is 5.03. The Morgan fingerprint density at radius 2 is 1.76 bits per heavy atom. The van der Waals surface area contributed by atoms with Crippen molar-refractivity contribution >= 4 is 11.5 Å². The van der Waals surface area contributed by atoms with Crippen LogP contribution in [0.4, 0.5) is 5.82 Å². The Morgan fingerprint density at radius 1 is 0.939 bits per heavy atom. The molecule has 1 fully saturated rings. The van der Waals surface area contributed by atoms with Crippen LogP contribution in [0.1, 0.15) is 46.9 Å². The van der Waals surface area contributed by atoms with Crippen molar-refractivity contribution in [2.45, 2.75) is 45.6 Å². The van der Waals surface area contributed by atoms with Gasteiger partial charge in [0.2, 0.25) is 0 Å². The fraction of sp³-hybridized carbons (Fsp3) is 0.385. The fourth-order valence-corrected chi connectivity index (χ4v) is 4.64. The number of fused-ring (bicyclic) bond motifs is 1. The van der Waals surface area contributed by atoms with Crippen molar-refractivity contribution < 1.29 is 4.74 Å². The van der Waals surface area contributed by atoms with Gasteiger partial charge in [0.05, 0.1) is 18.2 Å². The van der Waals surface area contributed by atoms with Crippen molar-refractivity contribution in [3.8, 4) is 0 Å². The summed E-state index contributed by atoms with van der Waals surface area (Å²) in [7, 11) is 1.80. The molecule has 33 heavy (non-hydrogen) atoms. The molecule has 5 rings (SSSR count). The fourth-order valence-electron chi connectivity index (χ4n) is 4.64. The van der Waals surface area contributed by atoms with E-state index in [1.807, 2.05) is 23.7 Å². The monoisotopic (exact) mass is 442 g/mol. The van der Waals surface area contributed by atoms with Gasteiger partial charge in [0.25, 0.3) is 0 Å². The van der Waals surface area contributed by atoms with Gasteiger partial charge in [-0.25, -0.2) is 15.0 Å². The lowest BCUT2D eigenvalue weighted by Gasteiger charge is -2.32. The standard InChI is InChI=1S/C26H30N6O/c1-18-12-19(2)28-21(13-18)16-24-29-22(14-20-4-8-32-11-7-27-25(32)15-20)17-26(30-24)31-9-5-23(33-3)6-10-31/h4,7-8,11-13,15,17,23H,5-6,9-10,14,16H2,1-3H3. The number of pyridine rings is 2. The number of piperidine rings is 1. The van der Waals surface area contributed by atoms with Gasteiger partial charge in [0.15, 0.2) is 0 Å². The Labute approximate surface area is 194 Å². The first-order chi connectivity index (χ1) is 16.1. The summed E-state index contributed by atoms with van der Waals surface area (Å²) in [5.41, 5.74) is 6.39. The van der Waals surface area contributed by atoms with Crippen molar-refractivity contribution in [3.63, 3.8) is 0 Å². The molecule has 0 bridgehead atoms. The highest BCUT2D eigenvalue weighted by molar-refractivity contribution is 5.45. The van der Waals surface area contributed by atoms with E-state index in [9.17, 15) is 0 Å². The van der Waals surface area contributed by atoms with Crippen LogP contribution in [-0.4, -0.2) is 50.6 Å². The molecular formula is C26H30N6O. The normalized spacial score (nSPS) is 14.8. The van der Waals surface area contributed by atoms with Crippen molar-refractivity contribution in [3.05, 3.63) is 83.0 Å². The first-order valence-corrected chi connectivity index (χ1v) is 11.6. The van der Waals surface area contributed by atoms with Crippen LogP contribution < -0.4 is 4.90 Å². The number of methoxy groups -OCH3 is 1. The SMILES string of the molecule is COC1CCN(c2cc(Cc3ccn4ccnc4c3)nc(Cc3cc(C)cc(C)n3)n2)CC1. The molecule has 1 aliphatic rings. The number of aryl methyl sites for hydroxylation is 2. The molecule has 0 aromatic carbocycles. The van der Waals surface area contributed by atoms with Crippen molar-refractivity contribution in [1.82, 2.24) is 24.3 Å². The van der Waals surface area contributed by atoms with E-state index in [0.717, 1.165) is 66.7 Å². The smallest absolute Gasteiger partial charge is 0.136 e. The first-order valence-electron chi connectivity index (χ1n) is 11.6.